The molecule has 2 atom stereocenters. The molecule has 53 heavy (non-hydrogen) atoms. The summed E-state index contributed by atoms with van der Waals surface area (Å²) in [5, 5.41) is 13.3. The van der Waals surface area contributed by atoms with Gasteiger partial charge in [0.15, 0.2) is 0 Å². The predicted molar refractivity (Wildman–Crippen MR) is 202 cm³/mol. The van der Waals surface area contributed by atoms with Crippen molar-refractivity contribution in [1.29, 1.82) is 0 Å². The summed E-state index contributed by atoms with van der Waals surface area (Å²) < 4.78 is 32.5. The summed E-state index contributed by atoms with van der Waals surface area (Å²) in [6, 6.07) is 5.64. The number of likely N-dealkylation sites (N-methyl/N-ethyl adjacent to an activating group) is 2. The fourth-order valence-electron chi connectivity index (χ4n) is 4.51. The van der Waals surface area contributed by atoms with Crippen LogP contribution in [0, 0.1) is 5.92 Å². The molecule has 0 saturated heterocycles. The van der Waals surface area contributed by atoms with E-state index in [0.717, 1.165) is 18.7 Å². The number of amides is 3. The summed E-state index contributed by atoms with van der Waals surface area (Å²) in [6.45, 7) is 11.6. The highest BCUT2D eigenvalue weighted by molar-refractivity contribution is 5.98. The van der Waals surface area contributed by atoms with Crippen LogP contribution in [0.15, 0.2) is 24.3 Å². The number of anilines is 1. The van der Waals surface area contributed by atoms with Gasteiger partial charge >= 0.3 is 0 Å². The van der Waals surface area contributed by atoms with E-state index in [2.05, 4.69) is 21.3 Å². The lowest BCUT2D eigenvalue weighted by molar-refractivity contribution is -0.149. The Balaban J connectivity index is 2.31. The maximum Gasteiger partial charge on any atom is 0.246 e. The number of nitrogens with zero attached hydrogens (tertiary/aromatic N) is 1. The van der Waals surface area contributed by atoms with Crippen LogP contribution in [0.5, 0.6) is 0 Å². The molecular weight excluding hydrogens is 690 g/mol. The molecule has 1 aromatic rings. The van der Waals surface area contributed by atoms with Crippen molar-refractivity contribution < 1.29 is 47.6 Å². The monoisotopic (exact) mass is 757 g/mol. The molecule has 1 rings (SSSR count). The molecule has 0 heterocycles. The number of benzene rings is 1. The average molecular weight is 758 g/mol. The number of rotatable bonds is 35. The molecule has 0 aliphatic rings. The Morgan fingerprint density at radius 1 is 0.717 bits per heavy atom. The minimum Gasteiger partial charge on any atom is -0.379 e. The lowest BCUT2D eigenvalue weighted by atomic mass is 10.0. The smallest absolute Gasteiger partial charge is 0.246 e. The van der Waals surface area contributed by atoms with Gasteiger partial charge in [-0.1, -0.05) is 26.0 Å². The van der Waals surface area contributed by atoms with Gasteiger partial charge in [-0.25, -0.2) is 0 Å². The van der Waals surface area contributed by atoms with Gasteiger partial charge in [-0.2, -0.15) is 5.06 Å². The number of hydrogen-bond acceptors (Lipinski definition) is 14. The minimum atomic E-state index is -0.838. The summed E-state index contributed by atoms with van der Waals surface area (Å²) in [5.74, 6) is -1.37. The lowest BCUT2D eigenvalue weighted by Crippen LogP contribution is -2.54. The Labute approximate surface area is 315 Å². The maximum absolute atomic E-state index is 13.3. The zero-order chi connectivity index (χ0) is 38.9. The summed E-state index contributed by atoms with van der Waals surface area (Å²) in [6.07, 6.45) is 0.941. The van der Waals surface area contributed by atoms with Crippen molar-refractivity contribution in [2.45, 2.75) is 51.8 Å². The van der Waals surface area contributed by atoms with Gasteiger partial charge in [-0.05, 0) is 50.0 Å². The Hall–Kier alpha value is -2.81. The molecular formula is C36H67N7O10. The topological polar surface area (TPSA) is 219 Å². The SMILES string of the molecule is CNCCN(C)OCc1ccc(NC(=O)[C@H](CCCN)NC(=O)[C@@H](NC(=O)CCOCCOCCOCCOCCOCCOCCN)C(C)C)cc1. The lowest BCUT2D eigenvalue weighted by Gasteiger charge is -2.25. The summed E-state index contributed by atoms with van der Waals surface area (Å²) in [7, 11) is 3.75. The van der Waals surface area contributed by atoms with Crippen LogP contribution in [0.2, 0.25) is 0 Å². The van der Waals surface area contributed by atoms with Crippen LogP contribution < -0.4 is 32.7 Å². The molecule has 0 aliphatic carbocycles. The molecule has 306 valence electrons. The van der Waals surface area contributed by atoms with Crippen molar-refractivity contribution in [3.8, 4) is 0 Å². The van der Waals surface area contributed by atoms with Crippen LogP contribution in [-0.2, 0) is 54.2 Å². The van der Waals surface area contributed by atoms with E-state index in [-0.39, 0.29) is 30.8 Å². The first-order chi connectivity index (χ1) is 25.7. The second-order valence-corrected chi connectivity index (χ2v) is 12.4. The number of ether oxygens (including phenoxy) is 6. The molecule has 0 aliphatic heterocycles. The molecule has 8 N–H and O–H groups in total. The number of hydrogen-bond donors (Lipinski definition) is 6. The summed E-state index contributed by atoms with van der Waals surface area (Å²) >= 11 is 0. The van der Waals surface area contributed by atoms with E-state index in [1.165, 1.54) is 0 Å². The van der Waals surface area contributed by atoms with E-state index in [4.69, 9.17) is 44.7 Å². The molecule has 0 spiro atoms. The van der Waals surface area contributed by atoms with Crippen molar-refractivity contribution in [3.05, 3.63) is 29.8 Å². The van der Waals surface area contributed by atoms with Crippen LogP contribution >= 0.6 is 0 Å². The van der Waals surface area contributed by atoms with E-state index < -0.39 is 18.0 Å². The molecule has 3 amide bonds. The van der Waals surface area contributed by atoms with Crippen molar-refractivity contribution in [3.63, 3.8) is 0 Å². The zero-order valence-corrected chi connectivity index (χ0v) is 32.4. The molecule has 0 unspecified atom stereocenters. The molecule has 1 aromatic carbocycles. The third-order valence-corrected chi connectivity index (χ3v) is 7.54. The molecule has 0 radical (unpaired) electrons. The minimum absolute atomic E-state index is 0.0665. The first-order valence-corrected chi connectivity index (χ1v) is 18.6. The fourth-order valence-corrected chi connectivity index (χ4v) is 4.51. The maximum atomic E-state index is 13.3. The quantitative estimate of drug-likeness (QED) is 0.0398. The van der Waals surface area contributed by atoms with Gasteiger partial charge in [0.05, 0.1) is 85.9 Å². The van der Waals surface area contributed by atoms with Gasteiger partial charge in [0.2, 0.25) is 17.7 Å². The molecule has 0 saturated carbocycles. The average Bonchev–Trinajstić information content (AvgIpc) is 3.14. The van der Waals surface area contributed by atoms with Crippen molar-refractivity contribution in [1.82, 2.24) is 21.0 Å². The van der Waals surface area contributed by atoms with Crippen molar-refractivity contribution >= 4 is 23.4 Å². The number of carbonyl (C=O) groups is 3. The number of nitrogens with two attached hydrogens (primary N) is 2. The Morgan fingerprint density at radius 3 is 1.74 bits per heavy atom. The normalized spacial score (nSPS) is 12.6. The standard InChI is InChI=1S/C36H67N7O10/c1-29(2)34(42-33(44)11-16-47-18-20-49-22-24-51-26-27-52-25-23-50-21-19-48-17-13-38)36(46)41-32(6-5-12-37)35(45)40-31-9-7-30(8-10-31)28-53-43(4)15-14-39-3/h7-10,29,32,34,39H,5-6,11-28,37-38H2,1-4H3,(H,40,45)(H,41,46)(H,42,44)/t32-,34-/m0/s1. The Bertz CT molecular complexity index is 1070. The van der Waals surface area contributed by atoms with E-state index in [9.17, 15) is 14.4 Å². The number of hydroxylamine groups is 2. The fraction of sp³-hybridized carbons (Fsp3) is 0.750. The third kappa shape index (κ3) is 25.8. The Kier molecular flexibility index (Phi) is 29.7. The Morgan fingerprint density at radius 2 is 1.25 bits per heavy atom. The van der Waals surface area contributed by atoms with Crippen LogP contribution in [0.25, 0.3) is 0 Å². The van der Waals surface area contributed by atoms with Crippen LogP contribution in [-0.4, -0.2) is 154 Å². The van der Waals surface area contributed by atoms with Gasteiger partial charge in [0, 0.05) is 38.8 Å². The van der Waals surface area contributed by atoms with Crippen LogP contribution in [0.1, 0.15) is 38.7 Å². The first-order valence-electron chi connectivity index (χ1n) is 18.6. The molecule has 0 aromatic heterocycles. The highest BCUT2D eigenvalue weighted by Crippen LogP contribution is 2.13. The van der Waals surface area contributed by atoms with Gasteiger partial charge in [-0.3, -0.25) is 19.2 Å². The van der Waals surface area contributed by atoms with Gasteiger partial charge in [-0.15, -0.1) is 0 Å². The van der Waals surface area contributed by atoms with Crippen LogP contribution in [0.4, 0.5) is 5.69 Å². The van der Waals surface area contributed by atoms with Crippen LogP contribution in [0.3, 0.4) is 0 Å². The van der Waals surface area contributed by atoms with E-state index in [1.54, 1.807) is 17.2 Å². The molecule has 0 bridgehead atoms. The highest BCUT2D eigenvalue weighted by Gasteiger charge is 2.28. The van der Waals surface area contributed by atoms with Crippen molar-refractivity contribution in [2.24, 2.45) is 17.4 Å². The van der Waals surface area contributed by atoms with E-state index >= 15 is 0 Å². The van der Waals surface area contributed by atoms with Gasteiger partial charge < -0.3 is 61.2 Å². The second-order valence-electron chi connectivity index (χ2n) is 12.4. The largest absolute Gasteiger partial charge is 0.379 e. The highest BCUT2D eigenvalue weighted by atomic mass is 16.7. The summed E-state index contributed by atoms with van der Waals surface area (Å²) in [4.78, 5) is 44.9. The number of nitrogens with one attached hydrogen (secondary N) is 4. The molecule has 0 fully saturated rings. The van der Waals surface area contributed by atoms with Crippen molar-refractivity contribution in [2.75, 3.05) is 125 Å². The summed E-state index contributed by atoms with van der Waals surface area (Å²) in [5.41, 5.74) is 12.6. The first kappa shape index (κ1) is 48.2. The second kappa shape index (κ2) is 32.6. The predicted octanol–water partition coefficient (Wildman–Crippen LogP) is 0.0208. The van der Waals surface area contributed by atoms with Gasteiger partial charge in [0.1, 0.15) is 12.1 Å². The molecule has 17 heteroatoms. The zero-order valence-electron chi connectivity index (χ0n) is 32.4. The molecule has 17 nitrogen and oxygen atoms in total. The van der Waals surface area contributed by atoms with E-state index in [1.807, 2.05) is 40.1 Å². The third-order valence-electron chi connectivity index (χ3n) is 7.54. The van der Waals surface area contributed by atoms with Gasteiger partial charge in [0.25, 0.3) is 0 Å². The number of carbonyl (C=O) groups excluding carboxylic acids is 3. The van der Waals surface area contributed by atoms with E-state index in [0.29, 0.717) is 111 Å².